The third kappa shape index (κ3) is 8.04. The standard InChI is InChI=1S/C33H41ClN10O5S/c1-40-18-21(15-24(40)29(45)35-7-10-43-11-13-49-14-12-43)36-30(46)25-16-22(19-41(25)2)37-31(47)26-17-23(20-42(26)3)38-32(48)28-27(34)33(50-39-28)44-8-5-4-6-9-44/h15-20H,4-14H2,1-3H3,(H,35,45)(H,36,46)(H,37,47)(H,38,48). The normalized spacial score (nSPS) is 15.2. The summed E-state index contributed by atoms with van der Waals surface area (Å²) in [7, 11) is 5.13. The van der Waals surface area contributed by atoms with Crippen molar-refractivity contribution in [2.24, 2.45) is 21.1 Å². The molecule has 4 aromatic heterocycles. The fourth-order valence-corrected chi connectivity index (χ4v) is 7.33. The summed E-state index contributed by atoms with van der Waals surface area (Å²) in [4.78, 5) is 56.7. The van der Waals surface area contributed by atoms with E-state index in [2.05, 4.69) is 35.4 Å². The maximum Gasteiger partial charge on any atom is 0.277 e. The monoisotopic (exact) mass is 724 g/mol. The molecule has 2 fully saturated rings. The molecular formula is C33H41ClN10O5S. The molecule has 4 amide bonds. The molecule has 0 saturated carbocycles. The van der Waals surface area contributed by atoms with Crippen LogP contribution in [0.15, 0.2) is 36.8 Å². The first-order chi connectivity index (χ1) is 24.1. The molecule has 0 aliphatic carbocycles. The van der Waals surface area contributed by atoms with E-state index in [0.717, 1.165) is 50.6 Å². The van der Waals surface area contributed by atoms with Gasteiger partial charge in [-0.25, -0.2) is 0 Å². The van der Waals surface area contributed by atoms with Crippen molar-refractivity contribution in [3.05, 3.63) is 64.6 Å². The number of rotatable bonds is 11. The number of hydrogen-bond donors (Lipinski definition) is 4. The van der Waals surface area contributed by atoms with Crippen LogP contribution in [0, 0.1) is 0 Å². The van der Waals surface area contributed by atoms with Gasteiger partial charge in [-0.2, -0.15) is 4.37 Å². The lowest BCUT2D eigenvalue weighted by Crippen LogP contribution is -2.41. The zero-order chi connectivity index (χ0) is 35.4. The summed E-state index contributed by atoms with van der Waals surface area (Å²) in [5.41, 5.74) is 2.42. The molecule has 266 valence electrons. The van der Waals surface area contributed by atoms with Gasteiger partial charge in [0.05, 0.1) is 30.3 Å². The van der Waals surface area contributed by atoms with Gasteiger partial charge in [-0.05, 0) is 49.0 Å². The van der Waals surface area contributed by atoms with Crippen LogP contribution < -0.4 is 26.2 Å². The number of piperidine rings is 1. The molecule has 2 aliphatic rings. The van der Waals surface area contributed by atoms with Crippen LogP contribution in [-0.2, 0) is 25.9 Å². The smallest absolute Gasteiger partial charge is 0.277 e. The van der Waals surface area contributed by atoms with Crippen molar-refractivity contribution >= 4 is 68.8 Å². The maximum atomic E-state index is 13.2. The number of aryl methyl sites for hydroxylation is 3. The molecular weight excluding hydrogens is 684 g/mol. The maximum absolute atomic E-state index is 13.2. The summed E-state index contributed by atoms with van der Waals surface area (Å²) >= 11 is 7.77. The molecule has 0 bridgehead atoms. The van der Waals surface area contributed by atoms with Crippen LogP contribution >= 0.6 is 23.1 Å². The molecule has 2 saturated heterocycles. The fourth-order valence-electron chi connectivity index (χ4n) is 6.10. The van der Waals surface area contributed by atoms with Crippen molar-refractivity contribution in [3.63, 3.8) is 0 Å². The van der Waals surface area contributed by atoms with E-state index in [0.29, 0.717) is 53.2 Å². The highest BCUT2D eigenvalue weighted by Crippen LogP contribution is 2.35. The van der Waals surface area contributed by atoms with Gasteiger partial charge in [0.15, 0.2) is 5.69 Å². The molecule has 6 heterocycles. The third-order valence-corrected chi connectivity index (χ3v) is 10.2. The summed E-state index contributed by atoms with van der Waals surface area (Å²) < 4.78 is 14.5. The first-order valence-electron chi connectivity index (χ1n) is 16.5. The Balaban J connectivity index is 1.03. The molecule has 4 N–H and O–H groups in total. The van der Waals surface area contributed by atoms with E-state index in [-0.39, 0.29) is 17.3 Å². The number of nitrogens with one attached hydrogen (secondary N) is 4. The van der Waals surface area contributed by atoms with Crippen molar-refractivity contribution in [1.82, 2.24) is 28.3 Å². The highest BCUT2D eigenvalue weighted by atomic mass is 35.5. The Morgan fingerprint density at radius 2 is 1.24 bits per heavy atom. The van der Waals surface area contributed by atoms with E-state index < -0.39 is 17.7 Å². The van der Waals surface area contributed by atoms with E-state index in [9.17, 15) is 19.2 Å². The van der Waals surface area contributed by atoms with Gasteiger partial charge < -0.3 is 44.6 Å². The van der Waals surface area contributed by atoms with Gasteiger partial charge in [0.1, 0.15) is 27.1 Å². The molecule has 0 atom stereocenters. The number of anilines is 4. The molecule has 4 aromatic rings. The highest BCUT2D eigenvalue weighted by molar-refractivity contribution is 7.11. The second-order valence-corrected chi connectivity index (χ2v) is 13.6. The van der Waals surface area contributed by atoms with Gasteiger partial charge in [-0.15, -0.1) is 0 Å². The Morgan fingerprint density at radius 3 is 1.78 bits per heavy atom. The largest absolute Gasteiger partial charge is 0.379 e. The predicted molar refractivity (Wildman–Crippen MR) is 193 cm³/mol. The first kappa shape index (κ1) is 35.2. The lowest BCUT2D eigenvalue weighted by Gasteiger charge is -2.27. The Morgan fingerprint density at radius 1 is 0.740 bits per heavy atom. The van der Waals surface area contributed by atoms with Crippen LogP contribution in [0.3, 0.4) is 0 Å². The van der Waals surface area contributed by atoms with E-state index >= 15 is 0 Å². The second kappa shape index (κ2) is 15.5. The van der Waals surface area contributed by atoms with Crippen molar-refractivity contribution in [1.29, 1.82) is 0 Å². The summed E-state index contributed by atoms with van der Waals surface area (Å²) in [5.74, 6) is -1.54. The summed E-state index contributed by atoms with van der Waals surface area (Å²) in [6.07, 6.45) is 8.26. The number of halogens is 1. The van der Waals surface area contributed by atoms with Gasteiger partial charge >= 0.3 is 0 Å². The number of carbonyl (C=O) groups excluding carboxylic acids is 4. The van der Waals surface area contributed by atoms with Gasteiger partial charge in [-0.1, -0.05) is 11.6 Å². The van der Waals surface area contributed by atoms with Crippen LogP contribution in [0.2, 0.25) is 5.02 Å². The average Bonchev–Trinajstić information content (AvgIpc) is 3.87. The lowest BCUT2D eigenvalue weighted by molar-refractivity contribution is 0.0383. The van der Waals surface area contributed by atoms with Crippen LogP contribution in [0.5, 0.6) is 0 Å². The summed E-state index contributed by atoms with van der Waals surface area (Å²) in [5, 5.41) is 12.5. The number of ether oxygens (including phenoxy) is 1. The quantitative estimate of drug-likeness (QED) is 0.183. The minimum atomic E-state index is -0.458. The zero-order valence-electron chi connectivity index (χ0n) is 28.3. The Hall–Kier alpha value is -4.64. The van der Waals surface area contributed by atoms with Crippen LogP contribution in [0.1, 0.15) is 61.2 Å². The summed E-state index contributed by atoms with van der Waals surface area (Å²) in [6.45, 7) is 6.10. The molecule has 6 rings (SSSR count). The number of carbonyl (C=O) groups is 4. The van der Waals surface area contributed by atoms with Crippen LogP contribution in [-0.4, -0.2) is 99.1 Å². The predicted octanol–water partition coefficient (Wildman–Crippen LogP) is 3.62. The third-order valence-electron chi connectivity index (χ3n) is 8.78. The SMILES string of the molecule is Cn1cc(NC(=O)c2cc(NC(=O)c3cc(NC(=O)c4nsc(N5CCCCC5)c4Cl)cn3C)cn2C)cc1C(=O)NCCN1CCOCC1. The van der Waals surface area contributed by atoms with Gasteiger partial charge in [0, 0.05) is 79.0 Å². The van der Waals surface area contributed by atoms with Gasteiger partial charge in [0.2, 0.25) is 0 Å². The Kier molecular flexibility index (Phi) is 10.9. The van der Waals surface area contributed by atoms with E-state index in [1.54, 1.807) is 71.6 Å². The molecule has 50 heavy (non-hydrogen) atoms. The van der Waals surface area contributed by atoms with E-state index in [1.165, 1.54) is 18.0 Å². The van der Waals surface area contributed by atoms with E-state index in [1.807, 2.05) is 0 Å². The summed E-state index contributed by atoms with van der Waals surface area (Å²) in [6, 6.07) is 4.74. The van der Waals surface area contributed by atoms with Crippen LogP contribution in [0.25, 0.3) is 0 Å². The lowest BCUT2D eigenvalue weighted by atomic mass is 10.1. The van der Waals surface area contributed by atoms with Gasteiger partial charge in [0.25, 0.3) is 23.6 Å². The molecule has 0 spiro atoms. The van der Waals surface area contributed by atoms with Crippen molar-refractivity contribution in [3.8, 4) is 0 Å². The molecule has 0 aromatic carbocycles. The topological polar surface area (TPSA) is 160 Å². The number of hydrogen-bond acceptors (Lipinski definition) is 9. The van der Waals surface area contributed by atoms with Crippen molar-refractivity contribution < 1.29 is 23.9 Å². The average molecular weight is 725 g/mol. The molecule has 0 radical (unpaired) electrons. The van der Waals surface area contributed by atoms with Crippen molar-refractivity contribution in [2.75, 3.05) is 73.3 Å². The minimum absolute atomic E-state index is 0.150. The molecule has 0 unspecified atom stereocenters. The van der Waals surface area contributed by atoms with Crippen molar-refractivity contribution in [2.45, 2.75) is 19.3 Å². The molecule has 17 heteroatoms. The zero-order valence-corrected chi connectivity index (χ0v) is 29.8. The van der Waals surface area contributed by atoms with Crippen LogP contribution in [0.4, 0.5) is 22.1 Å². The Bertz CT molecular complexity index is 1880. The number of nitrogens with zero attached hydrogens (tertiary/aromatic N) is 6. The van der Waals surface area contributed by atoms with E-state index in [4.69, 9.17) is 16.3 Å². The second-order valence-electron chi connectivity index (χ2n) is 12.4. The molecule has 2 aliphatic heterocycles. The number of morpholine rings is 1. The molecule has 15 nitrogen and oxygen atoms in total. The Labute approximate surface area is 298 Å². The first-order valence-corrected chi connectivity index (χ1v) is 17.6. The number of aromatic nitrogens is 4. The fraction of sp³-hybridized carbons (Fsp3) is 0.424. The minimum Gasteiger partial charge on any atom is -0.379 e. The highest BCUT2D eigenvalue weighted by Gasteiger charge is 2.25. The van der Waals surface area contributed by atoms with Gasteiger partial charge in [-0.3, -0.25) is 24.1 Å². The number of amides is 4.